The second-order valence-electron chi connectivity index (χ2n) is 5.35. The van der Waals surface area contributed by atoms with E-state index in [1.165, 1.54) is 12.1 Å². The summed E-state index contributed by atoms with van der Waals surface area (Å²) in [6.07, 6.45) is 0.159. The van der Waals surface area contributed by atoms with Crippen LogP contribution >= 0.6 is 0 Å². The van der Waals surface area contributed by atoms with E-state index in [2.05, 4.69) is 10.3 Å². The van der Waals surface area contributed by atoms with Gasteiger partial charge in [-0.2, -0.15) is 5.10 Å². The van der Waals surface area contributed by atoms with Crippen molar-refractivity contribution in [3.63, 3.8) is 0 Å². The predicted molar refractivity (Wildman–Crippen MR) is 83.1 cm³/mol. The Morgan fingerprint density at radius 3 is 2.92 bits per heavy atom. The topological polar surface area (TPSA) is 98.2 Å². The lowest BCUT2D eigenvalue weighted by Gasteiger charge is -2.08. The third-order valence-electron chi connectivity index (χ3n) is 3.62. The Morgan fingerprint density at radius 1 is 1.42 bits per heavy atom. The number of benzene rings is 1. The van der Waals surface area contributed by atoms with E-state index in [0.29, 0.717) is 22.4 Å². The molecule has 0 aliphatic carbocycles. The molecule has 0 radical (unpaired) electrons. The largest absolute Gasteiger partial charge is 0.481 e. The molecular formula is C16H14FN3O4. The summed E-state index contributed by atoms with van der Waals surface area (Å²) in [6.45, 7) is 1.77. The van der Waals surface area contributed by atoms with Crippen LogP contribution in [0.1, 0.15) is 18.6 Å². The molecule has 2 aromatic heterocycles. The molecule has 0 aliphatic heterocycles. The highest BCUT2D eigenvalue weighted by Gasteiger charge is 2.19. The molecule has 8 heteroatoms. The van der Waals surface area contributed by atoms with Crippen LogP contribution in [0.3, 0.4) is 0 Å². The van der Waals surface area contributed by atoms with Crippen LogP contribution in [0, 0.1) is 12.7 Å². The van der Waals surface area contributed by atoms with Gasteiger partial charge in [-0.25, -0.2) is 9.07 Å². The Morgan fingerprint density at radius 2 is 2.21 bits per heavy atom. The number of aromatic nitrogens is 3. The molecular weight excluding hydrogens is 317 g/mol. The molecule has 0 aliphatic rings. The van der Waals surface area contributed by atoms with Gasteiger partial charge in [0.05, 0.1) is 5.39 Å². The number of halogens is 1. The molecule has 0 bridgehead atoms. The van der Waals surface area contributed by atoms with Crippen LogP contribution in [0.25, 0.3) is 22.2 Å². The summed E-state index contributed by atoms with van der Waals surface area (Å²) < 4.78 is 19.8. The van der Waals surface area contributed by atoms with Gasteiger partial charge >= 0.3 is 5.97 Å². The van der Waals surface area contributed by atoms with Crippen LogP contribution in [0.5, 0.6) is 0 Å². The Kier molecular flexibility index (Phi) is 4.11. The van der Waals surface area contributed by atoms with Crippen molar-refractivity contribution in [2.24, 2.45) is 0 Å². The molecule has 0 saturated carbocycles. The van der Waals surface area contributed by atoms with Crippen LogP contribution in [0.2, 0.25) is 0 Å². The predicted octanol–water partition coefficient (Wildman–Crippen LogP) is 2.36. The minimum atomic E-state index is -0.952. The molecule has 0 atom stereocenters. The van der Waals surface area contributed by atoms with Gasteiger partial charge in [0.1, 0.15) is 17.3 Å². The lowest BCUT2D eigenvalue weighted by Crippen LogP contribution is -2.24. The average molecular weight is 331 g/mol. The highest BCUT2D eigenvalue weighted by atomic mass is 19.1. The van der Waals surface area contributed by atoms with Crippen molar-refractivity contribution in [3.8, 4) is 11.3 Å². The van der Waals surface area contributed by atoms with Crippen molar-refractivity contribution < 1.29 is 18.8 Å². The lowest BCUT2D eigenvalue weighted by atomic mass is 10.1. The van der Waals surface area contributed by atoms with E-state index in [9.17, 15) is 14.0 Å². The second-order valence-corrected chi connectivity index (χ2v) is 5.35. The normalized spacial score (nSPS) is 11.1. The van der Waals surface area contributed by atoms with Crippen LogP contribution in [0.15, 0.2) is 33.6 Å². The van der Waals surface area contributed by atoms with Gasteiger partial charge in [0.15, 0.2) is 5.52 Å². The molecule has 3 aromatic rings. The number of aliphatic carboxylic acids is 1. The zero-order valence-corrected chi connectivity index (χ0v) is 12.8. The van der Waals surface area contributed by atoms with Gasteiger partial charge in [-0.05, 0) is 25.5 Å². The third kappa shape index (κ3) is 2.90. The van der Waals surface area contributed by atoms with Crippen molar-refractivity contribution in [1.82, 2.24) is 14.9 Å². The number of carboxylic acid groups (broad SMARTS) is 1. The van der Waals surface area contributed by atoms with Gasteiger partial charge in [0, 0.05) is 18.5 Å². The zero-order valence-electron chi connectivity index (χ0n) is 12.8. The SMILES string of the molecule is Cc1onc2c(=O)n(CCCC(=O)O)nc(-c3cccc(F)c3)c12. The molecule has 0 saturated heterocycles. The monoisotopic (exact) mass is 331 g/mol. The number of carbonyl (C=O) groups is 1. The molecule has 2 heterocycles. The van der Waals surface area contributed by atoms with E-state index in [4.69, 9.17) is 9.63 Å². The first-order chi connectivity index (χ1) is 11.5. The quantitative estimate of drug-likeness (QED) is 0.770. The van der Waals surface area contributed by atoms with E-state index in [-0.39, 0.29) is 24.9 Å². The van der Waals surface area contributed by atoms with E-state index < -0.39 is 17.3 Å². The van der Waals surface area contributed by atoms with Crippen LogP contribution in [0.4, 0.5) is 4.39 Å². The van der Waals surface area contributed by atoms with E-state index >= 15 is 0 Å². The van der Waals surface area contributed by atoms with Crippen molar-refractivity contribution in [2.75, 3.05) is 0 Å². The second kappa shape index (κ2) is 6.23. The number of aryl methyl sites for hydroxylation is 2. The molecule has 0 spiro atoms. The first-order valence-corrected chi connectivity index (χ1v) is 7.32. The summed E-state index contributed by atoms with van der Waals surface area (Å²) in [5.74, 6) is -0.974. The molecule has 1 aromatic carbocycles. The fourth-order valence-corrected chi connectivity index (χ4v) is 2.50. The number of carboxylic acids is 1. The van der Waals surface area contributed by atoms with Crippen molar-refractivity contribution >= 4 is 16.9 Å². The van der Waals surface area contributed by atoms with E-state index in [0.717, 1.165) is 4.68 Å². The highest BCUT2D eigenvalue weighted by molar-refractivity contribution is 5.92. The molecule has 7 nitrogen and oxygen atoms in total. The molecule has 3 rings (SSSR count). The molecule has 0 amide bonds. The van der Waals surface area contributed by atoms with Crippen molar-refractivity contribution in [3.05, 3.63) is 46.2 Å². The van der Waals surface area contributed by atoms with Gasteiger partial charge in [-0.15, -0.1) is 0 Å². The van der Waals surface area contributed by atoms with Gasteiger partial charge in [-0.3, -0.25) is 9.59 Å². The summed E-state index contributed by atoms with van der Waals surface area (Å²) in [5, 5.41) is 17.2. The minimum absolute atomic E-state index is 0.0840. The summed E-state index contributed by atoms with van der Waals surface area (Å²) in [5.41, 5.74) is 0.487. The maximum absolute atomic E-state index is 13.6. The molecule has 0 unspecified atom stereocenters. The van der Waals surface area contributed by atoms with Gasteiger partial charge in [0.25, 0.3) is 5.56 Å². The highest BCUT2D eigenvalue weighted by Crippen LogP contribution is 2.27. The summed E-state index contributed by atoms with van der Waals surface area (Å²) in [7, 11) is 0. The fourth-order valence-electron chi connectivity index (χ4n) is 2.50. The zero-order chi connectivity index (χ0) is 17.3. The summed E-state index contributed by atoms with van der Waals surface area (Å²) >= 11 is 0. The maximum Gasteiger partial charge on any atom is 0.303 e. The first-order valence-electron chi connectivity index (χ1n) is 7.32. The third-order valence-corrected chi connectivity index (χ3v) is 3.62. The number of nitrogens with zero attached hydrogens (tertiary/aromatic N) is 3. The number of hydrogen-bond donors (Lipinski definition) is 1. The van der Waals surface area contributed by atoms with Gasteiger partial charge in [-0.1, -0.05) is 17.3 Å². The number of fused-ring (bicyclic) bond motifs is 1. The summed E-state index contributed by atoms with van der Waals surface area (Å²) in [4.78, 5) is 23.1. The fraction of sp³-hybridized carbons (Fsp3) is 0.250. The van der Waals surface area contributed by atoms with Crippen LogP contribution in [-0.2, 0) is 11.3 Å². The molecule has 0 fully saturated rings. The van der Waals surface area contributed by atoms with E-state index in [1.54, 1.807) is 19.1 Å². The molecule has 24 heavy (non-hydrogen) atoms. The van der Waals surface area contributed by atoms with Crippen molar-refractivity contribution in [1.29, 1.82) is 0 Å². The maximum atomic E-state index is 13.6. The number of rotatable bonds is 5. The Bertz CT molecular complexity index is 977. The average Bonchev–Trinajstić information content (AvgIpc) is 2.92. The lowest BCUT2D eigenvalue weighted by molar-refractivity contribution is -0.137. The molecule has 124 valence electrons. The Hall–Kier alpha value is -3.03. The molecule has 1 N–H and O–H groups in total. The van der Waals surface area contributed by atoms with Crippen LogP contribution in [-0.4, -0.2) is 26.0 Å². The Balaban J connectivity index is 2.16. The van der Waals surface area contributed by atoms with E-state index in [1.807, 2.05) is 0 Å². The summed E-state index contributed by atoms with van der Waals surface area (Å²) in [6, 6.07) is 5.83. The minimum Gasteiger partial charge on any atom is -0.481 e. The Labute approximate surface area is 135 Å². The van der Waals surface area contributed by atoms with Gasteiger partial charge in [0.2, 0.25) is 0 Å². The first kappa shape index (κ1) is 15.9. The number of hydrogen-bond acceptors (Lipinski definition) is 5. The smallest absolute Gasteiger partial charge is 0.303 e. The van der Waals surface area contributed by atoms with Crippen LogP contribution < -0.4 is 5.56 Å². The van der Waals surface area contributed by atoms with Gasteiger partial charge < -0.3 is 9.63 Å². The van der Waals surface area contributed by atoms with Crippen molar-refractivity contribution in [2.45, 2.75) is 26.3 Å². The standard InChI is InChI=1S/C16H14FN3O4/c1-9-13-14(10-4-2-5-11(17)8-10)18-20(7-3-6-12(21)22)16(23)15(13)19-24-9/h2,4-5,8H,3,6-7H2,1H3,(H,21,22).